The molecule has 0 bridgehead atoms. The second-order valence-corrected chi connectivity index (χ2v) is 4.42. The molecule has 1 aliphatic heterocycles. The van der Waals surface area contributed by atoms with E-state index in [2.05, 4.69) is 4.98 Å². The maximum absolute atomic E-state index is 11.5. The lowest BCUT2D eigenvalue weighted by molar-refractivity contribution is -0.155. The predicted octanol–water partition coefficient (Wildman–Crippen LogP) is 1.53. The number of fused-ring (bicyclic) bond motifs is 1. The van der Waals surface area contributed by atoms with Gasteiger partial charge in [0, 0.05) is 22.7 Å². The van der Waals surface area contributed by atoms with E-state index in [-0.39, 0.29) is 18.5 Å². The monoisotopic (exact) mass is 244 g/mol. The second kappa shape index (κ2) is 3.87. The number of hydrogen-bond acceptors (Lipinski definition) is 2. The SMILES string of the molecule is O=C(O)CN1C(=O)CC1c1c[nH]c2ccccc12. The minimum absolute atomic E-state index is 0.104. The van der Waals surface area contributed by atoms with Crippen LogP contribution in [0.1, 0.15) is 18.0 Å². The first kappa shape index (κ1) is 10.8. The Morgan fingerprint density at radius 3 is 2.94 bits per heavy atom. The summed E-state index contributed by atoms with van der Waals surface area (Å²) in [5.41, 5.74) is 1.99. The topological polar surface area (TPSA) is 73.4 Å². The maximum Gasteiger partial charge on any atom is 0.323 e. The number of H-pyrrole nitrogens is 1. The summed E-state index contributed by atoms with van der Waals surface area (Å²) in [5, 5.41) is 9.84. The van der Waals surface area contributed by atoms with Crippen LogP contribution >= 0.6 is 0 Å². The Morgan fingerprint density at radius 1 is 1.44 bits per heavy atom. The normalized spacial score (nSPS) is 19.0. The average molecular weight is 244 g/mol. The van der Waals surface area contributed by atoms with Crippen LogP contribution in [0, 0.1) is 0 Å². The number of benzene rings is 1. The van der Waals surface area contributed by atoms with E-state index in [0.717, 1.165) is 16.5 Å². The largest absolute Gasteiger partial charge is 0.480 e. The Kier molecular flexibility index (Phi) is 2.33. The summed E-state index contributed by atoms with van der Waals surface area (Å²) in [4.78, 5) is 26.7. The van der Waals surface area contributed by atoms with E-state index < -0.39 is 5.97 Å². The minimum Gasteiger partial charge on any atom is -0.480 e. The van der Waals surface area contributed by atoms with Gasteiger partial charge in [-0.15, -0.1) is 0 Å². The molecule has 5 nitrogen and oxygen atoms in total. The van der Waals surface area contributed by atoms with Crippen molar-refractivity contribution in [3.63, 3.8) is 0 Å². The van der Waals surface area contributed by atoms with Crippen LogP contribution in [-0.4, -0.2) is 33.4 Å². The van der Waals surface area contributed by atoms with Gasteiger partial charge in [0.25, 0.3) is 0 Å². The third kappa shape index (κ3) is 1.55. The molecule has 2 N–H and O–H groups in total. The molecular weight excluding hydrogens is 232 g/mol. The first-order valence-corrected chi connectivity index (χ1v) is 5.74. The van der Waals surface area contributed by atoms with Gasteiger partial charge in [0.15, 0.2) is 0 Å². The summed E-state index contributed by atoms with van der Waals surface area (Å²) in [6, 6.07) is 7.68. The second-order valence-electron chi connectivity index (χ2n) is 4.42. The van der Waals surface area contributed by atoms with Crippen molar-refractivity contribution >= 4 is 22.8 Å². The molecule has 92 valence electrons. The molecule has 1 aliphatic rings. The Hall–Kier alpha value is -2.30. The Labute approximate surface area is 103 Å². The van der Waals surface area contributed by atoms with Crippen molar-refractivity contribution in [1.82, 2.24) is 9.88 Å². The predicted molar refractivity (Wildman–Crippen MR) is 65.0 cm³/mol. The Morgan fingerprint density at radius 2 is 2.22 bits per heavy atom. The molecule has 1 atom stereocenters. The number of aromatic nitrogens is 1. The fourth-order valence-corrected chi connectivity index (χ4v) is 2.45. The molecule has 1 aromatic carbocycles. The highest BCUT2D eigenvalue weighted by molar-refractivity contribution is 5.91. The van der Waals surface area contributed by atoms with Crippen LogP contribution in [0.5, 0.6) is 0 Å². The first-order chi connectivity index (χ1) is 8.66. The molecule has 0 spiro atoms. The van der Waals surface area contributed by atoms with Gasteiger partial charge in [-0.25, -0.2) is 0 Å². The third-order valence-electron chi connectivity index (χ3n) is 3.35. The molecule has 0 radical (unpaired) electrons. The van der Waals surface area contributed by atoms with Gasteiger partial charge in [-0.05, 0) is 6.07 Å². The molecule has 1 aromatic heterocycles. The number of aliphatic carboxylic acids is 1. The Bertz CT molecular complexity index is 632. The summed E-state index contributed by atoms with van der Waals surface area (Å²) < 4.78 is 0. The third-order valence-corrected chi connectivity index (χ3v) is 3.35. The summed E-state index contributed by atoms with van der Waals surface area (Å²) in [6.45, 7) is -0.233. The molecule has 1 amide bonds. The van der Waals surface area contributed by atoms with Crippen LogP contribution in [0.4, 0.5) is 0 Å². The fourth-order valence-electron chi connectivity index (χ4n) is 2.45. The number of para-hydroxylation sites is 1. The van der Waals surface area contributed by atoms with E-state index in [9.17, 15) is 9.59 Å². The number of nitrogens with zero attached hydrogens (tertiary/aromatic N) is 1. The molecule has 0 saturated carbocycles. The lowest BCUT2D eigenvalue weighted by Crippen LogP contribution is -2.48. The van der Waals surface area contributed by atoms with E-state index in [1.54, 1.807) is 0 Å². The number of carboxylic acids is 1. The zero-order chi connectivity index (χ0) is 12.7. The molecular formula is C13H12N2O3. The van der Waals surface area contributed by atoms with Gasteiger partial charge in [-0.3, -0.25) is 9.59 Å². The smallest absolute Gasteiger partial charge is 0.323 e. The fraction of sp³-hybridized carbons (Fsp3) is 0.231. The summed E-state index contributed by atoms with van der Waals surface area (Å²) in [6.07, 6.45) is 2.24. The number of carboxylic acid groups (broad SMARTS) is 1. The molecule has 3 rings (SSSR count). The summed E-state index contributed by atoms with van der Waals surface area (Å²) in [5.74, 6) is -1.08. The number of nitrogens with one attached hydrogen (secondary N) is 1. The van der Waals surface area contributed by atoms with E-state index in [4.69, 9.17) is 5.11 Å². The van der Waals surface area contributed by atoms with Gasteiger partial charge in [-0.1, -0.05) is 18.2 Å². The summed E-state index contributed by atoms with van der Waals surface area (Å²) in [7, 11) is 0. The van der Waals surface area contributed by atoms with Gasteiger partial charge in [0.2, 0.25) is 5.91 Å². The van der Waals surface area contributed by atoms with Gasteiger partial charge in [0.1, 0.15) is 6.54 Å². The number of amides is 1. The Balaban J connectivity index is 1.95. The van der Waals surface area contributed by atoms with Gasteiger partial charge in [0.05, 0.1) is 12.5 Å². The van der Waals surface area contributed by atoms with E-state index in [1.165, 1.54) is 4.90 Å². The van der Waals surface area contributed by atoms with E-state index in [0.29, 0.717) is 6.42 Å². The lowest BCUT2D eigenvalue weighted by Gasteiger charge is -2.39. The van der Waals surface area contributed by atoms with Crippen LogP contribution in [0.15, 0.2) is 30.5 Å². The van der Waals surface area contributed by atoms with Crippen molar-refractivity contribution in [3.05, 3.63) is 36.0 Å². The standard InChI is InChI=1S/C13H12N2O3/c16-12-5-11(15(12)7-13(17)18)9-6-14-10-4-2-1-3-8(9)10/h1-4,6,11,14H,5,7H2,(H,17,18). The number of likely N-dealkylation sites (tertiary alicyclic amines) is 1. The quantitative estimate of drug-likeness (QED) is 0.804. The number of hydrogen-bond donors (Lipinski definition) is 2. The van der Waals surface area contributed by atoms with E-state index >= 15 is 0 Å². The highest BCUT2D eigenvalue weighted by Crippen LogP contribution is 2.37. The lowest BCUT2D eigenvalue weighted by atomic mass is 9.93. The first-order valence-electron chi connectivity index (χ1n) is 5.74. The van der Waals surface area contributed by atoms with Crippen LogP contribution < -0.4 is 0 Å². The molecule has 2 heterocycles. The zero-order valence-electron chi connectivity index (χ0n) is 9.59. The molecule has 1 unspecified atom stereocenters. The van der Waals surface area contributed by atoms with Crippen molar-refractivity contribution in [1.29, 1.82) is 0 Å². The maximum atomic E-state index is 11.5. The van der Waals surface area contributed by atoms with Crippen molar-refractivity contribution in [2.75, 3.05) is 6.54 Å². The molecule has 18 heavy (non-hydrogen) atoms. The average Bonchev–Trinajstić information content (AvgIpc) is 2.76. The minimum atomic E-state index is -0.979. The summed E-state index contributed by atoms with van der Waals surface area (Å²) >= 11 is 0. The van der Waals surface area contributed by atoms with Crippen molar-refractivity contribution in [2.45, 2.75) is 12.5 Å². The van der Waals surface area contributed by atoms with Crippen LogP contribution in [0.25, 0.3) is 10.9 Å². The number of aromatic amines is 1. The van der Waals surface area contributed by atoms with Gasteiger partial charge >= 0.3 is 5.97 Å². The molecule has 5 heteroatoms. The number of rotatable bonds is 3. The molecule has 0 aliphatic carbocycles. The molecule has 2 aromatic rings. The van der Waals surface area contributed by atoms with Crippen molar-refractivity contribution in [3.8, 4) is 0 Å². The van der Waals surface area contributed by atoms with E-state index in [1.807, 2.05) is 30.5 Å². The number of carbonyl (C=O) groups excluding carboxylic acids is 1. The highest BCUT2D eigenvalue weighted by atomic mass is 16.4. The van der Waals surface area contributed by atoms with Gasteiger partial charge in [-0.2, -0.15) is 0 Å². The molecule has 1 fully saturated rings. The van der Waals surface area contributed by atoms with Gasteiger partial charge < -0.3 is 15.0 Å². The van der Waals surface area contributed by atoms with Crippen LogP contribution in [0.2, 0.25) is 0 Å². The van der Waals surface area contributed by atoms with Crippen molar-refractivity contribution in [2.24, 2.45) is 0 Å². The van der Waals surface area contributed by atoms with Crippen LogP contribution in [0.3, 0.4) is 0 Å². The zero-order valence-corrected chi connectivity index (χ0v) is 9.59. The molecule has 1 saturated heterocycles. The number of β-lactam (4-membered cyclic amide) rings is 1. The number of carbonyl (C=O) groups is 2. The highest BCUT2D eigenvalue weighted by Gasteiger charge is 2.39. The van der Waals surface area contributed by atoms with Crippen LogP contribution in [-0.2, 0) is 9.59 Å². The van der Waals surface area contributed by atoms with Crippen molar-refractivity contribution < 1.29 is 14.7 Å².